The fourth-order valence-corrected chi connectivity index (χ4v) is 0. The van der Waals surface area contributed by atoms with Crippen molar-refractivity contribution < 1.29 is 55.8 Å². The molecule has 6 N–H and O–H groups in total. The van der Waals surface area contributed by atoms with Crippen LogP contribution in [0, 0.1) is 0 Å². The zero-order chi connectivity index (χ0) is 4.50. The quantitative estimate of drug-likeness (QED) is 0.366. The summed E-state index contributed by atoms with van der Waals surface area (Å²) in [6.07, 6.45) is 0. The molecular weight excluding hydrogens is 240 g/mol. The molecule has 0 unspecified atom stereocenters. The zero-order valence-electron chi connectivity index (χ0n) is 3.83. The van der Waals surface area contributed by atoms with E-state index in [1.807, 2.05) is 0 Å². The van der Waals surface area contributed by atoms with Crippen molar-refractivity contribution in [1.82, 2.24) is 0 Å². The molecule has 50 valence electrons. The van der Waals surface area contributed by atoms with E-state index < -0.39 is 10.4 Å². The van der Waals surface area contributed by atoms with Gasteiger partial charge < -0.3 is 11.0 Å². The van der Waals surface area contributed by atoms with Crippen LogP contribution in [0.25, 0.3) is 0 Å². The molecule has 0 aromatic heterocycles. The van der Waals surface area contributed by atoms with Gasteiger partial charge in [0.15, 0.2) is 0 Å². The summed E-state index contributed by atoms with van der Waals surface area (Å²) in [6, 6.07) is 0. The molecule has 0 amide bonds. The Morgan fingerprint density at radius 2 is 1.00 bits per heavy atom. The van der Waals surface area contributed by atoms with Crippen LogP contribution >= 0.6 is 0 Å². The standard InChI is InChI=1S/Cd.H2O4S.2H2O/c;1-5(2,3)4;;/h;(H2,1,2,3,4);2*1H2. The molecule has 0 aromatic carbocycles. The van der Waals surface area contributed by atoms with Crippen molar-refractivity contribution in [3.63, 3.8) is 0 Å². The van der Waals surface area contributed by atoms with Crippen LogP contribution in [0.2, 0.25) is 0 Å². The zero-order valence-corrected chi connectivity index (χ0v) is 8.68. The fourth-order valence-electron chi connectivity index (χ4n) is 0. The van der Waals surface area contributed by atoms with Gasteiger partial charge in [-0.05, 0) is 0 Å². The molecule has 6 nitrogen and oxygen atoms in total. The summed E-state index contributed by atoms with van der Waals surface area (Å²) in [5.41, 5.74) is 0. The van der Waals surface area contributed by atoms with Crippen molar-refractivity contribution >= 4 is 10.4 Å². The van der Waals surface area contributed by atoms with Crippen LogP contribution in [0.15, 0.2) is 0 Å². The van der Waals surface area contributed by atoms with Crippen LogP contribution in [-0.4, -0.2) is 28.5 Å². The molecule has 0 bridgehead atoms. The van der Waals surface area contributed by atoms with Gasteiger partial charge in [-0.25, -0.2) is 0 Å². The van der Waals surface area contributed by atoms with Gasteiger partial charge in [-0.1, -0.05) is 0 Å². The molecule has 0 aliphatic rings. The van der Waals surface area contributed by atoms with Crippen LogP contribution in [0.5, 0.6) is 0 Å². The summed E-state index contributed by atoms with van der Waals surface area (Å²) in [5.74, 6) is 0. The van der Waals surface area contributed by atoms with E-state index in [1.54, 1.807) is 0 Å². The second-order valence-corrected chi connectivity index (χ2v) is 1.34. The number of hydrogen-bond acceptors (Lipinski definition) is 2. The van der Waals surface area contributed by atoms with Gasteiger partial charge in [0, 0.05) is 27.3 Å². The molecule has 0 aliphatic heterocycles. The summed E-state index contributed by atoms with van der Waals surface area (Å²) >= 11 is 0. The third kappa shape index (κ3) is 432. The fraction of sp³-hybridized carbons (Fsp3) is 0. The predicted octanol–water partition coefficient (Wildman–Crippen LogP) is -2.30. The van der Waals surface area contributed by atoms with Crippen molar-refractivity contribution in [2.24, 2.45) is 0 Å². The van der Waals surface area contributed by atoms with Crippen LogP contribution in [0.1, 0.15) is 0 Å². The van der Waals surface area contributed by atoms with Crippen molar-refractivity contribution in [3.05, 3.63) is 0 Å². The molecule has 0 fully saturated rings. The molecule has 0 atom stereocenters. The average molecular weight is 247 g/mol. The van der Waals surface area contributed by atoms with E-state index in [2.05, 4.69) is 0 Å². The smallest absolute Gasteiger partial charge is 0.394 e. The molecule has 0 spiro atoms. The largest absolute Gasteiger partial charge is 0.412 e. The minimum absolute atomic E-state index is 0. The summed E-state index contributed by atoms with van der Waals surface area (Å²) in [5, 5.41) is 0. The van der Waals surface area contributed by atoms with Crippen LogP contribution in [0.4, 0.5) is 0 Å². The molecule has 0 aromatic rings. The molecule has 0 radical (unpaired) electrons. The Bertz CT molecular complexity index is 91.7. The van der Waals surface area contributed by atoms with Crippen LogP contribution < -0.4 is 0 Å². The predicted molar refractivity (Wildman–Crippen MR) is 21.4 cm³/mol. The van der Waals surface area contributed by atoms with Crippen molar-refractivity contribution in [2.45, 2.75) is 0 Å². The summed E-state index contributed by atoms with van der Waals surface area (Å²) < 4.78 is 31.6. The second-order valence-electron chi connectivity index (χ2n) is 0.448. The van der Waals surface area contributed by atoms with Crippen molar-refractivity contribution in [1.29, 1.82) is 0 Å². The summed E-state index contributed by atoms with van der Waals surface area (Å²) in [7, 11) is -4.67. The van der Waals surface area contributed by atoms with E-state index in [0.717, 1.165) is 0 Å². The minimum atomic E-state index is -4.67. The van der Waals surface area contributed by atoms with E-state index >= 15 is 0 Å². The van der Waals surface area contributed by atoms with E-state index in [-0.39, 0.29) is 38.3 Å². The molecule has 0 saturated carbocycles. The Kier molecular flexibility index (Phi) is 22.5. The van der Waals surface area contributed by atoms with Gasteiger partial charge in [-0.3, -0.25) is 9.11 Å². The first-order chi connectivity index (χ1) is 2.00. The normalized spacial score (nSPS) is 7.25. The number of hydrogen-bond donors (Lipinski definition) is 2. The molecule has 0 aliphatic carbocycles. The maximum atomic E-state index is 8.74. The van der Waals surface area contributed by atoms with Crippen molar-refractivity contribution in [2.75, 3.05) is 0 Å². The Morgan fingerprint density at radius 3 is 1.00 bits per heavy atom. The van der Waals surface area contributed by atoms with Crippen LogP contribution in [0.3, 0.4) is 0 Å². The van der Waals surface area contributed by atoms with Crippen molar-refractivity contribution in [3.8, 4) is 0 Å². The van der Waals surface area contributed by atoms with E-state index in [9.17, 15) is 0 Å². The van der Waals surface area contributed by atoms with Crippen LogP contribution in [-0.2, 0) is 37.7 Å². The van der Waals surface area contributed by atoms with Gasteiger partial charge in [0.25, 0.3) is 0 Å². The van der Waals surface area contributed by atoms with E-state index in [0.29, 0.717) is 0 Å². The molecule has 0 heterocycles. The molecular formula is H6CdO6S. The minimum Gasteiger partial charge on any atom is -0.412 e. The third-order valence-corrected chi connectivity index (χ3v) is 0. The van der Waals surface area contributed by atoms with Gasteiger partial charge in [-0.15, -0.1) is 0 Å². The maximum Gasteiger partial charge on any atom is 0.394 e. The molecule has 0 saturated heterocycles. The van der Waals surface area contributed by atoms with Gasteiger partial charge in [-0.2, -0.15) is 8.42 Å². The molecule has 8 heavy (non-hydrogen) atoms. The average Bonchev–Trinajstić information content (AvgIpc) is 0.722. The first-order valence-corrected chi connectivity index (χ1v) is 2.10. The van der Waals surface area contributed by atoms with Gasteiger partial charge >= 0.3 is 10.4 Å². The molecule has 0 rings (SSSR count). The second kappa shape index (κ2) is 7.71. The maximum absolute atomic E-state index is 8.74. The van der Waals surface area contributed by atoms with E-state index in [4.69, 9.17) is 17.5 Å². The SMILES string of the molecule is O.O.O=S(=O)(O)O.[Cd]. The first-order valence-electron chi connectivity index (χ1n) is 0.698. The Morgan fingerprint density at radius 1 is 1.00 bits per heavy atom. The molecule has 8 heteroatoms. The van der Waals surface area contributed by atoms with Gasteiger partial charge in [0.05, 0.1) is 0 Å². The third-order valence-electron chi connectivity index (χ3n) is 0. The Hall–Kier alpha value is 0.712. The van der Waals surface area contributed by atoms with Gasteiger partial charge in [0.2, 0.25) is 0 Å². The Balaban J connectivity index is -0.0000000267. The summed E-state index contributed by atoms with van der Waals surface area (Å²) in [4.78, 5) is 0. The van der Waals surface area contributed by atoms with E-state index in [1.165, 1.54) is 0 Å². The van der Waals surface area contributed by atoms with Gasteiger partial charge in [0.1, 0.15) is 0 Å². The monoisotopic (exact) mass is 248 g/mol. The summed E-state index contributed by atoms with van der Waals surface area (Å²) in [6.45, 7) is 0. The first kappa shape index (κ1) is 23.3. The topological polar surface area (TPSA) is 138 Å². The number of rotatable bonds is 0. The Labute approximate surface area is 66.3 Å².